The SMILES string of the molecule is CC[C@@H](NC(=O)[C@H](C)Oc1cccc2c1CCCC2)c1ccc(OC)cc1. The van der Waals surface area contributed by atoms with Crippen LogP contribution in [0.3, 0.4) is 0 Å². The van der Waals surface area contributed by atoms with Crippen molar-refractivity contribution in [3.8, 4) is 11.5 Å². The van der Waals surface area contributed by atoms with Crippen molar-refractivity contribution in [2.45, 2.75) is 58.1 Å². The second-order valence-corrected chi connectivity index (χ2v) is 7.10. The van der Waals surface area contributed by atoms with Gasteiger partial charge in [-0.3, -0.25) is 4.79 Å². The molecule has 27 heavy (non-hydrogen) atoms. The summed E-state index contributed by atoms with van der Waals surface area (Å²) in [6.07, 6.45) is 4.82. The predicted molar refractivity (Wildman–Crippen MR) is 107 cm³/mol. The van der Waals surface area contributed by atoms with E-state index >= 15 is 0 Å². The summed E-state index contributed by atoms with van der Waals surface area (Å²) in [5.74, 6) is 1.57. The minimum atomic E-state index is -0.536. The molecule has 0 aliphatic heterocycles. The zero-order valence-electron chi connectivity index (χ0n) is 16.5. The number of amides is 1. The molecule has 0 heterocycles. The predicted octanol–water partition coefficient (Wildman–Crippen LogP) is 4.61. The topological polar surface area (TPSA) is 47.6 Å². The molecule has 144 valence electrons. The molecule has 1 N–H and O–H groups in total. The van der Waals surface area contributed by atoms with Crippen LogP contribution in [0.5, 0.6) is 11.5 Å². The number of benzene rings is 2. The van der Waals surface area contributed by atoms with Crippen molar-refractivity contribution in [1.82, 2.24) is 5.32 Å². The average Bonchev–Trinajstić information content (AvgIpc) is 2.72. The minimum Gasteiger partial charge on any atom is -0.497 e. The van der Waals surface area contributed by atoms with Gasteiger partial charge in [0, 0.05) is 0 Å². The summed E-state index contributed by atoms with van der Waals surface area (Å²) in [6, 6.07) is 14.0. The largest absolute Gasteiger partial charge is 0.497 e. The maximum Gasteiger partial charge on any atom is 0.261 e. The monoisotopic (exact) mass is 367 g/mol. The van der Waals surface area contributed by atoms with E-state index in [2.05, 4.69) is 18.3 Å². The molecule has 0 saturated carbocycles. The van der Waals surface area contributed by atoms with Crippen LogP contribution in [-0.4, -0.2) is 19.1 Å². The number of carbonyl (C=O) groups is 1. The van der Waals surface area contributed by atoms with E-state index in [4.69, 9.17) is 9.47 Å². The number of rotatable bonds is 7. The van der Waals surface area contributed by atoms with Gasteiger partial charge in [-0.05, 0) is 73.9 Å². The smallest absolute Gasteiger partial charge is 0.261 e. The van der Waals surface area contributed by atoms with Crippen LogP contribution >= 0.6 is 0 Å². The van der Waals surface area contributed by atoms with Gasteiger partial charge >= 0.3 is 0 Å². The van der Waals surface area contributed by atoms with Crippen LogP contribution < -0.4 is 14.8 Å². The normalized spacial score (nSPS) is 15.4. The van der Waals surface area contributed by atoms with Gasteiger partial charge in [-0.25, -0.2) is 0 Å². The first-order chi connectivity index (χ1) is 13.1. The first-order valence-electron chi connectivity index (χ1n) is 9.84. The average molecular weight is 367 g/mol. The highest BCUT2D eigenvalue weighted by Crippen LogP contribution is 2.30. The Bertz CT molecular complexity index is 770. The van der Waals surface area contributed by atoms with Crippen molar-refractivity contribution in [2.75, 3.05) is 7.11 Å². The van der Waals surface area contributed by atoms with Crippen LogP contribution in [0.15, 0.2) is 42.5 Å². The van der Waals surface area contributed by atoms with Gasteiger partial charge in [-0.15, -0.1) is 0 Å². The number of nitrogens with one attached hydrogen (secondary N) is 1. The third kappa shape index (κ3) is 4.62. The molecule has 2 aromatic carbocycles. The lowest BCUT2D eigenvalue weighted by Gasteiger charge is -2.24. The van der Waals surface area contributed by atoms with Crippen LogP contribution in [0.25, 0.3) is 0 Å². The summed E-state index contributed by atoms with van der Waals surface area (Å²) in [4.78, 5) is 12.7. The first-order valence-corrected chi connectivity index (χ1v) is 9.84. The highest BCUT2D eigenvalue weighted by molar-refractivity contribution is 5.81. The van der Waals surface area contributed by atoms with E-state index in [0.29, 0.717) is 0 Å². The molecule has 0 radical (unpaired) electrons. The molecule has 1 aliphatic rings. The molecule has 4 heteroatoms. The van der Waals surface area contributed by atoms with Crippen molar-refractivity contribution in [3.63, 3.8) is 0 Å². The number of ether oxygens (including phenoxy) is 2. The molecule has 0 saturated heterocycles. The zero-order valence-corrected chi connectivity index (χ0v) is 16.5. The summed E-state index contributed by atoms with van der Waals surface area (Å²) >= 11 is 0. The summed E-state index contributed by atoms with van der Waals surface area (Å²) in [7, 11) is 1.65. The Morgan fingerprint density at radius 1 is 1.11 bits per heavy atom. The van der Waals surface area contributed by atoms with E-state index < -0.39 is 6.10 Å². The molecule has 3 rings (SSSR count). The maximum atomic E-state index is 12.7. The van der Waals surface area contributed by atoms with Crippen molar-refractivity contribution in [3.05, 3.63) is 59.2 Å². The third-order valence-electron chi connectivity index (χ3n) is 5.27. The van der Waals surface area contributed by atoms with E-state index in [1.165, 1.54) is 24.0 Å². The second-order valence-electron chi connectivity index (χ2n) is 7.10. The standard InChI is InChI=1S/C23H29NO3/c1-4-21(18-12-14-19(26-3)15-13-18)24-23(25)16(2)27-22-11-7-9-17-8-5-6-10-20(17)22/h7,9,11-16,21H,4-6,8,10H2,1-3H3,(H,24,25)/t16-,21+/m0/s1. The molecule has 0 bridgehead atoms. The van der Waals surface area contributed by atoms with Crippen molar-refractivity contribution >= 4 is 5.91 Å². The summed E-state index contributed by atoms with van der Waals surface area (Å²) in [5, 5.41) is 3.12. The maximum absolute atomic E-state index is 12.7. The number of carbonyl (C=O) groups excluding carboxylic acids is 1. The van der Waals surface area contributed by atoms with Gasteiger partial charge in [-0.1, -0.05) is 31.2 Å². The molecule has 0 spiro atoms. The molecule has 2 aromatic rings. The first kappa shape index (κ1) is 19.3. The van der Waals surface area contributed by atoms with E-state index in [1.807, 2.05) is 43.3 Å². The lowest BCUT2D eigenvalue weighted by molar-refractivity contribution is -0.128. The van der Waals surface area contributed by atoms with Crippen LogP contribution in [-0.2, 0) is 17.6 Å². The molecular formula is C23H29NO3. The van der Waals surface area contributed by atoms with Crippen LogP contribution in [0, 0.1) is 0 Å². The van der Waals surface area contributed by atoms with E-state index in [9.17, 15) is 4.79 Å². The number of fused-ring (bicyclic) bond motifs is 1. The Kier molecular flexibility index (Phi) is 6.38. The Hall–Kier alpha value is -2.49. The third-order valence-corrected chi connectivity index (χ3v) is 5.27. The minimum absolute atomic E-state index is 0.0425. The summed E-state index contributed by atoms with van der Waals surface area (Å²) in [6.45, 7) is 3.88. The van der Waals surface area contributed by atoms with Crippen molar-refractivity contribution < 1.29 is 14.3 Å². The fourth-order valence-corrected chi connectivity index (χ4v) is 3.65. The summed E-state index contributed by atoms with van der Waals surface area (Å²) < 4.78 is 11.3. The zero-order chi connectivity index (χ0) is 19.2. The molecule has 0 unspecified atom stereocenters. The molecule has 2 atom stereocenters. The Morgan fingerprint density at radius 3 is 2.56 bits per heavy atom. The van der Waals surface area contributed by atoms with E-state index in [0.717, 1.165) is 36.3 Å². The molecule has 0 fully saturated rings. The van der Waals surface area contributed by atoms with Gasteiger partial charge in [-0.2, -0.15) is 0 Å². The van der Waals surface area contributed by atoms with Gasteiger partial charge in [0.2, 0.25) is 0 Å². The molecule has 1 amide bonds. The second kappa shape index (κ2) is 8.94. The van der Waals surface area contributed by atoms with Gasteiger partial charge in [0.05, 0.1) is 13.2 Å². The Balaban J connectivity index is 1.66. The fourth-order valence-electron chi connectivity index (χ4n) is 3.65. The van der Waals surface area contributed by atoms with Crippen molar-refractivity contribution in [2.24, 2.45) is 0 Å². The van der Waals surface area contributed by atoms with E-state index in [-0.39, 0.29) is 11.9 Å². The number of aryl methyl sites for hydroxylation is 1. The number of methoxy groups -OCH3 is 1. The van der Waals surface area contributed by atoms with Crippen LogP contribution in [0.4, 0.5) is 0 Å². The Morgan fingerprint density at radius 2 is 1.85 bits per heavy atom. The molecule has 4 nitrogen and oxygen atoms in total. The molecular weight excluding hydrogens is 338 g/mol. The Labute approximate surface area is 161 Å². The lowest BCUT2D eigenvalue weighted by atomic mass is 9.91. The number of hydrogen-bond acceptors (Lipinski definition) is 3. The van der Waals surface area contributed by atoms with Crippen molar-refractivity contribution in [1.29, 1.82) is 0 Å². The summed E-state index contributed by atoms with van der Waals surface area (Å²) in [5.41, 5.74) is 3.69. The van der Waals surface area contributed by atoms with Gasteiger partial charge in [0.1, 0.15) is 11.5 Å². The molecule has 0 aromatic heterocycles. The number of hydrogen-bond donors (Lipinski definition) is 1. The molecule has 1 aliphatic carbocycles. The van der Waals surface area contributed by atoms with Crippen LogP contribution in [0.1, 0.15) is 55.8 Å². The van der Waals surface area contributed by atoms with E-state index in [1.54, 1.807) is 7.11 Å². The van der Waals surface area contributed by atoms with Gasteiger partial charge in [0.25, 0.3) is 5.91 Å². The highest BCUT2D eigenvalue weighted by atomic mass is 16.5. The van der Waals surface area contributed by atoms with Gasteiger partial charge < -0.3 is 14.8 Å². The quantitative estimate of drug-likeness (QED) is 0.777. The van der Waals surface area contributed by atoms with Crippen LogP contribution in [0.2, 0.25) is 0 Å². The lowest BCUT2D eigenvalue weighted by Crippen LogP contribution is -2.38. The highest BCUT2D eigenvalue weighted by Gasteiger charge is 2.22. The fraction of sp³-hybridized carbons (Fsp3) is 0.435. The van der Waals surface area contributed by atoms with Gasteiger partial charge in [0.15, 0.2) is 6.10 Å².